The summed E-state index contributed by atoms with van der Waals surface area (Å²) in [6.45, 7) is 18.5. The van der Waals surface area contributed by atoms with Gasteiger partial charge in [0.15, 0.2) is 0 Å². The first-order valence-corrected chi connectivity index (χ1v) is 16.8. The third kappa shape index (κ3) is 7.44. The first-order valence-electron chi connectivity index (χ1n) is 16.8. The maximum atomic E-state index is 12.5. The van der Waals surface area contributed by atoms with Gasteiger partial charge in [0.05, 0.1) is 0 Å². The molecule has 4 rings (SSSR count). The molecule has 6 nitrogen and oxygen atoms in total. The average molecular weight is 573 g/mol. The van der Waals surface area contributed by atoms with E-state index in [-0.39, 0.29) is 11.5 Å². The molecule has 3 saturated carbocycles. The minimum atomic E-state index is -0.540. The zero-order chi connectivity index (χ0) is 30.0. The van der Waals surface area contributed by atoms with Gasteiger partial charge in [-0.2, -0.15) is 0 Å². The molecule has 0 spiro atoms. The summed E-state index contributed by atoms with van der Waals surface area (Å²) in [7, 11) is 0. The Morgan fingerprint density at radius 3 is 2.34 bits per heavy atom. The van der Waals surface area contributed by atoms with Crippen LogP contribution < -0.4 is 10.6 Å². The molecular weight excluding hydrogens is 512 g/mol. The second-order valence-corrected chi connectivity index (χ2v) is 15.9. The number of amides is 2. The molecule has 234 valence electrons. The van der Waals surface area contributed by atoms with Gasteiger partial charge in [0.2, 0.25) is 0 Å². The van der Waals surface area contributed by atoms with Gasteiger partial charge in [-0.1, -0.05) is 65.5 Å². The third-order valence-electron chi connectivity index (χ3n) is 11.6. The summed E-state index contributed by atoms with van der Waals surface area (Å²) in [5, 5.41) is 5.45. The zero-order valence-electron chi connectivity index (χ0n) is 27.4. The lowest BCUT2D eigenvalue weighted by Crippen LogP contribution is -2.51. The highest BCUT2D eigenvalue weighted by Gasteiger charge is 2.59. The number of carbonyl (C=O) groups is 2. The van der Waals surface area contributed by atoms with Crippen LogP contribution in [0.25, 0.3) is 0 Å². The van der Waals surface area contributed by atoms with Crippen LogP contribution in [0.4, 0.5) is 9.59 Å². The van der Waals surface area contributed by atoms with Gasteiger partial charge in [0, 0.05) is 19.5 Å². The molecule has 0 heterocycles. The summed E-state index contributed by atoms with van der Waals surface area (Å²) < 4.78 is 11.1. The van der Waals surface area contributed by atoms with Crippen LogP contribution in [0.5, 0.6) is 0 Å². The lowest BCUT2D eigenvalue weighted by molar-refractivity contribution is -0.0581. The van der Waals surface area contributed by atoms with Crippen molar-refractivity contribution in [2.45, 2.75) is 138 Å². The first-order chi connectivity index (χ1) is 19.2. The maximum Gasteiger partial charge on any atom is 0.407 e. The molecule has 0 aromatic heterocycles. The molecule has 3 fully saturated rings. The SMILES string of the molecule is CC(C)CCC[C@@H](C)[C@H]1CC[C@H]2[C@@H]3CC=C4C[C@@H](OC(=O)NCCNC(=O)OC(C)(C)C)CC[C@]4(C)[C@H]3CC[C@]12C. The highest BCUT2D eigenvalue weighted by Crippen LogP contribution is 2.67. The van der Waals surface area contributed by atoms with Crippen molar-refractivity contribution in [2.24, 2.45) is 46.3 Å². The Balaban J connectivity index is 1.28. The standard InChI is InChI=1S/C35H60N2O4/c1-23(2)10-9-11-24(3)28-14-15-29-27-13-12-25-22-26(16-18-34(25,7)30(27)17-19-35(28,29)8)40-31(38)36-20-21-37-32(39)41-33(4,5)6/h12,23-24,26-30H,9-11,13-22H2,1-8H3,(H,36,38)(H,37,39)/t24-,26+,27+,28-,29+,30+,34+,35-/m1/s1. The van der Waals surface area contributed by atoms with Gasteiger partial charge in [-0.05, 0) is 112 Å². The molecule has 4 aliphatic rings. The van der Waals surface area contributed by atoms with Gasteiger partial charge in [-0.15, -0.1) is 0 Å². The van der Waals surface area contributed by atoms with E-state index < -0.39 is 17.8 Å². The Hall–Kier alpha value is -1.72. The Morgan fingerprint density at radius 2 is 1.66 bits per heavy atom. The summed E-state index contributed by atoms with van der Waals surface area (Å²) in [6.07, 6.45) is 15.5. The van der Waals surface area contributed by atoms with Crippen molar-refractivity contribution in [2.75, 3.05) is 13.1 Å². The summed E-state index contributed by atoms with van der Waals surface area (Å²) in [4.78, 5) is 24.3. The highest BCUT2D eigenvalue weighted by molar-refractivity contribution is 5.69. The molecule has 2 amide bonds. The molecule has 0 aromatic rings. The summed E-state index contributed by atoms with van der Waals surface area (Å²) >= 11 is 0. The van der Waals surface area contributed by atoms with E-state index >= 15 is 0 Å². The number of nitrogens with one attached hydrogen (secondary N) is 2. The number of hydrogen-bond donors (Lipinski definition) is 2. The van der Waals surface area contributed by atoms with Gasteiger partial charge >= 0.3 is 12.2 Å². The van der Waals surface area contributed by atoms with Crippen LogP contribution in [-0.4, -0.2) is 37.0 Å². The van der Waals surface area contributed by atoms with Crippen LogP contribution in [-0.2, 0) is 9.47 Å². The smallest absolute Gasteiger partial charge is 0.407 e. The molecule has 0 bridgehead atoms. The van der Waals surface area contributed by atoms with Gasteiger partial charge in [0.1, 0.15) is 11.7 Å². The highest BCUT2D eigenvalue weighted by atomic mass is 16.6. The van der Waals surface area contributed by atoms with Crippen LogP contribution in [0.3, 0.4) is 0 Å². The van der Waals surface area contributed by atoms with Gasteiger partial charge in [-0.25, -0.2) is 9.59 Å². The first kappa shape index (κ1) is 32.2. The Bertz CT molecular complexity index is 954. The molecule has 8 atom stereocenters. The Labute approximate surface area is 250 Å². The van der Waals surface area contributed by atoms with Crippen molar-refractivity contribution in [3.8, 4) is 0 Å². The number of ether oxygens (including phenoxy) is 2. The van der Waals surface area contributed by atoms with Crippen molar-refractivity contribution in [3.63, 3.8) is 0 Å². The van der Waals surface area contributed by atoms with Crippen molar-refractivity contribution >= 4 is 12.2 Å². The van der Waals surface area contributed by atoms with Gasteiger partial charge in [0.25, 0.3) is 0 Å². The van der Waals surface area contributed by atoms with Crippen molar-refractivity contribution < 1.29 is 19.1 Å². The average Bonchev–Trinajstić information content (AvgIpc) is 3.23. The Kier molecular flexibility index (Phi) is 10.1. The molecular formula is C35H60N2O4. The normalized spacial score (nSPS) is 35.4. The van der Waals surface area contributed by atoms with Crippen LogP contribution in [0.1, 0.15) is 126 Å². The predicted octanol–water partition coefficient (Wildman–Crippen LogP) is 8.65. The summed E-state index contributed by atoms with van der Waals surface area (Å²) in [5.41, 5.74) is 1.76. The predicted molar refractivity (Wildman–Crippen MR) is 166 cm³/mol. The molecule has 0 aliphatic heterocycles. The zero-order valence-corrected chi connectivity index (χ0v) is 27.4. The summed E-state index contributed by atoms with van der Waals surface area (Å²) in [5.74, 6) is 5.00. The number of fused-ring (bicyclic) bond motifs is 5. The Morgan fingerprint density at radius 1 is 0.951 bits per heavy atom. The lowest BCUT2D eigenvalue weighted by Gasteiger charge is -2.58. The van der Waals surface area contributed by atoms with Gasteiger partial charge in [-0.3, -0.25) is 0 Å². The van der Waals surface area contributed by atoms with Crippen molar-refractivity contribution in [3.05, 3.63) is 11.6 Å². The topological polar surface area (TPSA) is 76.7 Å². The van der Waals surface area contributed by atoms with Crippen LogP contribution in [0.15, 0.2) is 11.6 Å². The van der Waals surface area contributed by atoms with E-state index in [4.69, 9.17) is 9.47 Å². The van der Waals surface area contributed by atoms with Crippen molar-refractivity contribution in [1.82, 2.24) is 10.6 Å². The van der Waals surface area contributed by atoms with E-state index in [1.807, 2.05) is 20.8 Å². The molecule has 2 N–H and O–H groups in total. The lowest BCUT2D eigenvalue weighted by atomic mass is 9.47. The molecule has 0 aromatic carbocycles. The number of carbonyl (C=O) groups excluding carboxylic acids is 2. The number of rotatable bonds is 9. The van der Waals surface area contributed by atoms with E-state index in [1.165, 1.54) is 56.9 Å². The monoisotopic (exact) mass is 572 g/mol. The minimum absolute atomic E-state index is 0.0684. The van der Waals surface area contributed by atoms with E-state index in [0.29, 0.717) is 18.5 Å². The summed E-state index contributed by atoms with van der Waals surface area (Å²) in [6, 6.07) is 0. The molecule has 0 saturated heterocycles. The quantitative estimate of drug-likeness (QED) is 0.214. The number of hydrogen-bond acceptors (Lipinski definition) is 4. The molecule has 4 aliphatic carbocycles. The van der Waals surface area contributed by atoms with E-state index in [1.54, 1.807) is 0 Å². The fourth-order valence-corrected chi connectivity index (χ4v) is 9.59. The van der Waals surface area contributed by atoms with Crippen LogP contribution >= 0.6 is 0 Å². The molecule has 41 heavy (non-hydrogen) atoms. The minimum Gasteiger partial charge on any atom is -0.446 e. The van der Waals surface area contributed by atoms with Gasteiger partial charge < -0.3 is 20.1 Å². The molecule has 0 unspecified atom stereocenters. The largest absolute Gasteiger partial charge is 0.446 e. The van der Waals surface area contributed by atoms with E-state index in [2.05, 4.69) is 51.3 Å². The number of allylic oxidation sites excluding steroid dienone is 1. The fourth-order valence-electron chi connectivity index (χ4n) is 9.59. The maximum absolute atomic E-state index is 12.5. The van der Waals surface area contributed by atoms with Crippen LogP contribution in [0.2, 0.25) is 0 Å². The second kappa shape index (κ2) is 12.9. The van der Waals surface area contributed by atoms with E-state index in [0.717, 1.165) is 54.8 Å². The number of alkyl carbamates (subject to hydrolysis) is 2. The van der Waals surface area contributed by atoms with Crippen LogP contribution in [0, 0.1) is 46.3 Å². The third-order valence-corrected chi connectivity index (χ3v) is 11.6. The molecule has 6 heteroatoms. The fraction of sp³-hybridized carbons (Fsp3) is 0.886. The van der Waals surface area contributed by atoms with E-state index in [9.17, 15) is 9.59 Å². The molecule has 0 radical (unpaired) electrons. The second-order valence-electron chi connectivity index (χ2n) is 15.9. The van der Waals surface area contributed by atoms with Crippen molar-refractivity contribution in [1.29, 1.82) is 0 Å².